The number of anilines is 2. The van der Waals surface area contributed by atoms with Gasteiger partial charge in [0.1, 0.15) is 31.1 Å². The highest BCUT2D eigenvalue weighted by atomic mass is 35.5. The number of rotatable bonds is 10. The molecular weight excluding hydrogens is 532 g/mol. The third kappa shape index (κ3) is 5.39. The average molecular weight is 562 g/mol. The summed E-state index contributed by atoms with van der Waals surface area (Å²) in [5.41, 5.74) is 0.756. The third-order valence-corrected chi connectivity index (χ3v) is 7.89. The topological polar surface area (TPSA) is 83.0 Å². The van der Waals surface area contributed by atoms with Gasteiger partial charge in [-0.2, -0.15) is 0 Å². The van der Waals surface area contributed by atoms with Crippen LogP contribution in [0.15, 0.2) is 43.2 Å². The quantitative estimate of drug-likeness (QED) is 0.265. The van der Waals surface area contributed by atoms with Crippen molar-refractivity contribution in [2.24, 2.45) is 11.8 Å². The Morgan fingerprint density at radius 2 is 2.00 bits per heavy atom. The zero-order chi connectivity index (χ0) is 27.0. The number of hydrogen-bond donors (Lipinski definition) is 2. The lowest BCUT2D eigenvalue weighted by molar-refractivity contribution is -0.126. The van der Waals surface area contributed by atoms with Crippen molar-refractivity contribution in [3.8, 4) is 11.5 Å². The van der Waals surface area contributed by atoms with Gasteiger partial charge in [-0.1, -0.05) is 29.8 Å². The van der Waals surface area contributed by atoms with Crippen LogP contribution in [-0.2, 0) is 0 Å². The van der Waals surface area contributed by atoms with E-state index in [2.05, 4.69) is 21.9 Å². The zero-order valence-corrected chi connectivity index (χ0v) is 22.7. The van der Waals surface area contributed by atoms with E-state index in [9.17, 15) is 9.50 Å². The molecule has 0 amide bonds. The molecule has 3 aliphatic rings. The van der Waals surface area contributed by atoms with Crippen LogP contribution in [0.5, 0.6) is 11.5 Å². The van der Waals surface area contributed by atoms with Gasteiger partial charge in [-0.3, -0.25) is 4.90 Å². The smallest absolute Gasteiger partial charge is 0.166 e. The number of nitrogens with zero attached hydrogens (tertiary/aromatic N) is 4. The number of halogens is 3. The van der Waals surface area contributed by atoms with Crippen molar-refractivity contribution in [3.63, 3.8) is 0 Å². The normalized spacial score (nSPS) is 21.7. The Morgan fingerprint density at radius 3 is 2.71 bits per heavy atom. The molecule has 0 radical (unpaired) electrons. The zero-order valence-electron chi connectivity index (χ0n) is 21.2. The summed E-state index contributed by atoms with van der Waals surface area (Å²) in [4.78, 5) is 12.8. The van der Waals surface area contributed by atoms with Crippen molar-refractivity contribution in [2.75, 3.05) is 45.7 Å². The molecule has 2 N–H and O–H groups in total. The van der Waals surface area contributed by atoms with Gasteiger partial charge in [-0.25, -0.2) is 14.4 Å². The summed E-state index contributed by atoms with van der Waals surface area (Å²) in [7, 11) is 3.96. The summed E-state index contributed by atoms with van der Waals surface area (Å²) >= 11 is 12.0. The van der Waals surface area contributed by atoms with Gasteiger partial charge < -0.3 is 24.8 Å². The van der Waals surface area contributed by atoms with E-state index >= 15 is 0 Å². The van der Waals surface area contributed by atoms with Crippen molar-refractivity contribution in [1.82, 2.24) is 19.8 Å². The molecule has 1 saturated carbocycles. The Bertz CT molecular complexity index is 1330. The van der Waals surface area contributed by atoms with Gasteiger partial charge in [0, 0.05) is 42.9 Å². The summed E-state index contributed by atoms with van der Waals surface area (Å²) in [6.45, 7) is 6.35. The first kappa shape index (κ1) is 26.9. The van der Waals surface area contributed by atoms with Crippen molar-refractivity contribution < 1.29 is 19.0 Å². The summed E-state index contributed by atoms with van der Waals surface area (Å²) in [6.07, 6.45) is 3.33. The molecule has 4 atom stereocenters. The van der Waals surface area contributed by atoms with Gasteiger partial charge in [0.15, 0.2) is 17.3 Å². The van der Waals surface area contributed by atoms with Gasteiger partial charge in [0.25, 0.3) is 0 Å². The van der Waals surface area contributed by atoms with E-state index in [1.54, 1.807) is 6.08 Å². The number of aliphatic hydroxyl groups is 1. The van der Waals surface area contributed by atoms with Crippen molar-refractivity contribution in [1.29, 1.82) is 0 Å². The molecule has 11 heteroatoms. The predicted molar refractivity (Wildman–Crippen MR) is 147 cm³/mol. The Hall–Kier alpha value is -2.69. The second-order valence-electron chi connectivity index (χ2n) is 9.98. The summed E-state index contributed by atoms with van der Waals surface area (Å²) in [6, 6.07) is 6.68. The van der Waals surface area contributed by atoms with Gasteiger partial charge in [0.05, 0.1) is 21.2 Å². The summed E-state index contributed by atoms with van der Waals surface area (Å²) < 4.78 is 27.5. The largest absolute Gasteiger partial charge is 0.488 e. The van der Waals surface area contributed by atoms with Gasteiger partial charge >= 0.3 is 0 Å². The van der Waals surface area contributed by atoms with E-state index in [1.165, 1.54) is 18.5 Å². The van der Waals surface area contributed by atoms with Crippen LogP contribution >= 0.6 is 23.2 Å². The molecule has 3 heterocycles. The third-order valence-electron chi connectivity index (χ3n) is 7.11. The van der Waals surface area contributed by atoms with E-state index < -0.39 is 12.0 Å². The van der Waals surface area contributed by atoms with Gasteiger partial charge in [0.2, 0.25) is 0 Å². The SMILES string of the molecule is C=CC(O)N1C[C@H]2C[C@@H](C1)[C@H]2Oc1cc2c(Nc3ccc(Cl)c(Cl)c3F)ncnc2cc1OCCN(C)C. The van der Waals surface area contributed by atoms with E-state index in [-0.39, 0.29) is 33.7 Å². The average Bonchev–Trinajstić information content (AvgIpc) is 2.91. The highest BCUT2D eigenvalue weighted by Crippen LogP contribution is 2.45. The molecule has 6 rings (SSSR count). The lowest BCUT2D eigenvalue weighted by Crippen LogP contribution is -2.62. The van der Waals surface area contributed by atoms with Crippen LogP contribution in [0, 0.1) is 17.7 Å². The summed E-state index contributed by atoms with van der Waals surface area (Å²) in [5.74, 6) is 1.44. The molecule has 3 aromatic rings. The maximum Gasteiger partial charge on any atom is 0.166 e. The first-order valence-electron chi connectivity index (χ1n) is 12.4. The van der Waals surface area contributed by atoms with Crippen LogP contribution in [0.4, 0.5) is 15.9 Å². The van der Waals surface area contributed by atoms with Crippen LogP contribution in [0.3, 0.4) is 0 Å². The molecule has 2 aromatic carbocycles. The predicted octanol–water partition coefficient (Wildman–Crippen LogP) is 4.96. The lowest BCUT2D eigenvalue weighted by Gasteiger charge is -2.53. The van der Waals surface area contributed by atoms with Crippen LogP contribution in [-0.4, -0.2) is 77.5 Å². The van der Waals surface area contributed by atoms with Crippen molar-refractivity contribution in [2.45, 2.75) is 18.8 Å². The number of benzene rings is 2. The number of likely N-dealkylation sites (N-methyl/N-ethyl adjacent to an activating group) is 1. The summed E-state index contributed by atoms with van der Waals surface area (Å²) in [5, 5.41) is 13.8. The highest BCUT2D eigenvalue weighted by Gasteiger charge is 2.49. The number of nitrogens with one attached hydrogen (secondary N) is 1. The lowest BCUT2D eigenvalue weighted by atomic mass is 9.68. The van der Waals surface area contributed by atoms with Crippen molar-refractivity contribution >= 4 is 45.6 Å². The maximum atomic E-state index is 14.8. The minimum Gasteiger partial charge on any atom is -0.488 e. The number of aliphatic hydroxyl groups excluding tert-OH is 1. The molecule has 1 aliphatic carbocycles. The molecule has 1 unspecified atom stereocenters. The molecule has 0 spiro atoms. The number of fused-ring (bicyclic) bond motifs is 3. The number of aromatic nitrogens is 2. The molecule has 2 saturated heterocycles. The van der Waals surface area contributed by atoms with Crippen LogP contribution in [0.25, 0.3) is 10.9 Å². The molecular formula is C27H30Cl2FN5O3. The minimum absolute atomic E-state index is 0.00882. The fourth-order valence-electron chi connectivity index (χ4n) is 5.04. The van der Waals surface area contributed by atoms with E-state index in [1.807, 2.05) is 36.0 Å². The highest BCUT2D eigenvalue weighted by molar-refractivity contribution is 6.42. The van der Waals surface area contributed by atoms with Crippen LogP contribution in [0.1, 0.15) is 6.42 Å². The number of ether oxygens (including phenoxy) is 2. The molecule has 38 heavy (non-hydrogen) atoms. The molecule has 8 nitrogen and oxygen atoms in total. The second-order valence-corrected chi connectivity index (χ2v) is 10.8. The Morgan fingerprint density at radius 1 is 1.24 bits per heavy atom. The molecule has 2 aliphatic heterocycles. The Balaban J connectivity index is 1.46. The fourth-order valence-corrected chi connectivity index (χ4v) is 5.35. The Labute approximate surface area is 231 Å². The van der Waals surface area contributed by atoms with Crippen LogP contribution in [0.2, 0.25) is 10.0 Å². The first-order chi connectivity index (χ1) is 18.2. The van der Waals surface area contributed by atoms with E-state index in [4.69, 9.17) is 32.7 Å². The molecule has 1 aromatic heterocycles. The minimum atomic E-state index is -0.667. The van der Waals surface area contributed by atoms with E-state index in [0.29, 0.717) is 34.8 Å². The molecule has 3 fully saturated rings. The maximum absolute atomic E-state index is 14.8. The van der Waals surface area contributed by atoms with Gasteiger partial charge in [-0.15, -0.1) is 0 Å². The number of hydrogen-bond acceptors (Lipinski definition) is 8. The monoisotopic (exact) mass is 561 g/mol. The Kier molecular flexibility index (Phi) is 7.93. The molecule has 2 bridgehead atoms. The second kappa shape index (κ2) is 11.2. The van der Waals surface area contributed by atoms with Crippen LogP contribution < -0.4 is 14.8 Å². The molecule has 202 valence electrons. The standard InChI is InChI=1S/C27H30Cl2FN5O3/c1-4-23(36)35-12-15-9-16(13-35)26(15)38-22-10-17-20(11-21(22)37-8-7-34(2)3)31-14-32-27(17)33-19-6-5-18(28)24(29)25(19)30/h4-6,10-11,14-16,23,26,36H,1,7-9,12-13H2,2-3H3,(H,31,32,33)/t15-,16+,23?,26+. The fraction of sp³-hybridized carbons (Fsp3) is 0.407. The number of piperidine rings is 2. The van der Waals surface area contributed by atoms with Gasteiger partial charge in [-0.05, 0) is 44.8 Å². The van der Waals surface area contributed by atoms with E-state index in [0.717, 1.165) is 26.1 Å². The first-order valence-corrected chi connectivity index (χ1v) is 13.2. The van der Waals surface area contributed by atoms with Crippen molar-refractivity contribution in [3.05, 3.63) is 59.1 Å².